The third-order valence-electron chi connectivity index (χ3n) is 4.82. The highest BCUT2D eigenvalue weighted by molar-refractivity contribution is 5.99. The molecule has 0 unspecified atom stereocenters. The largest absolute Gasteiger partial charge is 0.507 e. The molecule has 0 aliphatic carbocycles. The summed E-state index contributed by atoms with van der Waals surface area (Å²) in [4.78, 5) is 0. The van der Waals surface area contributed by atoms with Crippen LogP contribution in [0, 0.1) is 0 Å². The molecule has 0 saturated carbocycles. The summed E-state index contributed by atoms with van der Waals surface area (Å²) >= 11 is 0. The van der Waals surface area contributed by atoms with E-state index in [4.69, 9.17) is 0 Å². The van der Waals surface area contributed by atoms with Crippen LogP contribution in [0.5, 0.6) is 28.7 Å². The van der Waals surface area contributed by atoms with Crippen molar-refractivity contribution in [2.24, 2.45) is 0 Å². The van der Waals surface area contributed by atoms with E-state index in [1.165, 1.54) is 24.3 Å². The second kappa shape index (κ2) is 7.13. The van der Waals surface area contributed by atoms with Crippen LogP contribution in [0.1, 0.15) is 0 Å². The van der Waals surface area contributed by atoms with Crippen molar-refractivity contribution in [3.63, 3.8) is 0 Å². The van der Waals surface area contributed by atoms with E-state index in [1.54, 1.807) is 54.6 Å². The summed E-state index contributed by atoms with van der Waals surface area (Å²) in [5, 5.41) is 53.1. The Morgan fingerprint density at radius 2 is 0.793 bits per heavy atom. The van der Waals surface area contributed by atoms with E-state index in [0.29, 0.717) is 11.1 Å². The average Bonchev–Trinajstić information content (AvgIpc) is 2.71. The Bertz CT molecular complexity index is 1210. The molecular weight excluding hydrogens is 368 g/mol. The van der Waals surface area contributed by atoms with Crippen molar-refractivity contribution in [3.05, 3.63) is 78.9 Å². The maximum absolute atomic E-state index is 11.2. The lowest BCUT2D eigenvalue weighted by atomic mass is 9.88. The van der Waals surface area contributed by atoms with Crippen LogP contribution in [-0.2, 0) is 0 Å². The van der Waals surface area contributed by atoms with Crippen LogP contribution in [-0.4, -0.2) is 25.5 Å². The van der Waals surface area contributed by atoms with Crippen molar-refractivity contribution in [1.82, 2.24) is 0 Å². The molecule has 0 bridgehead atoms. The Balaban J connectivity index is 2.13. The van der Waals surface area contributed by atoms with E-state index in [0.717, 1.165) is 0 Å². The van der Waals surface area contributed by atoms with E-state index in [9.17, 15) is 25.5 Å². The molecule has 0 saturated heterocycles. The summed E-state index contributed by atoms with van der Waals surface area (Å²) in [5.41, 5.74) is 1.39. The minimum absolute atomic E-state index is 0.0688. The summed E-state index contributed by atoms with van der Waals surface area (Å²) in [5.74, 6) is -0.729. The van der Waals surface area contributed by atoms with Crippen LogP contribution in [0.25, 0.3) is 33.4 Å². The molecule has 4 aromatic carbocycles. The van der Waals surface area contributed by atoms with Crippen molar-refractivity contribution in [3.8, 4) is 62.1 Å². The standard InChI is InChI=1S/C24H18O5/c25-18-10-4-1-7-14(18)17-13-21(28)22(15-8-2-5-11-19(15)26)23(24(17)29)16-9-3-6-12-20(16)27/h1-13,25-29H. The zero-order valence-electron chi connectivity index (χ0n) is 15.2. The number of hydrogen-bond acceptors (Lipinski definition) is 5. The maximum atomic E-state index is 11.2. The van der Waals surface area contributed by atoms with Crippen molar-refractivity contribution in [2.45, 2.75) is 0 Å². The predicted molar refractivity (Wildman–Crippen MR) is 111 cm³/mol. The van der Waals surface area contributed by atoms with Gasteiger partial charge in [-0.1, -0.05) is 54.6 Å². The molecule has 5 nitrogen and oxygen atoms in total. The van der Waals surface area contributed by atoms with Gasteiger partial charge in [0.1, 0.15) is 28.7 Å². The van der Waals surface area contributed by atoms with Crippen LogP contribution < -0.4 is 0 Å². The van der Waals surface area contributed by atoms with E-state index in [1.807, 2.05) is 0 Å². The minimum atomic E-state index is -0.246. The molecule has 0 amide bonds. The molecule has 0 spiro atoms. The SMILES string of the molecule is Oc1ccccc1-c1cc(O)c(-c2ccccc2O)c(-c2ccccc2O)c1O. The fraction of sp³-hybridized carbons (Fsp3) is 0. The Morgan fingerprint density at radius 3 is 1.28 bits per heavy atom. The molecule has 0 fully saturated rings. The summed E-state index contributed by atoms with van der Waals surface area (Å²) in [7, 11) is 0. The zero-order chi connectivity index (χ0) is 20.5. The van der Waals surface area contributed by atoms with Crippen molar-refractivity contribution in [1.29, 1.82) is 0 Å². The van der Waals surface area contributed by atoms with Gasteiger partial charge >= 0.3 is 0 Å². The lowest BCUT2D eigenvalue weighted by Crippen LogP contribution is -1.92. The van der Waals surface area contributed by atoms with Gasteiger partial charge in [-0.05, 0) is 24.3 Å². The third-order valence-corrected chi connectivity index (χ3v) is 4.82. The van der Waals surface area contributed by atoms with Crippen LogP contribution >= 0.6 is 0 Å². The van der Waals surface area contributed by atoms with Crippen LogP contribution in [0.15, 0.2) is 78.9 Å². The number of phenols is 5. The molecule has 0 heterocycles. The highest BCUT2D eigenvalue weighted by atomic mass is 16.3. The van der Waals surface area contributed by atoms with Crippen molar-refractivity contribution >= 4 is 0 Å². The molecule has 0 aliphatic heterocycles. The highest BCUT2D eigenvalue weighted by Crippen LogP contribution is 2.53. The van der Waals surface area contributed by atoms with E-state index in [-0.39, 0.29) is 51.0 Å². The molecule has 5 heteroatoms. The first-order chi connectivity index (χ1) is 14.0. The molecule has 29 heavy (non-hydrogen) atoms. The molecule has 0 aromatic heterocycles. The number of rotatable bonds is 3. The first-order valence-corrected chi connectivity index (χ1v) is 8.93. The van der Waals surface area contributed by atoms with Crippen LogP contribution in [0.4, 0.5) is 0 Å². The van der Waals surface area contributed by atoms with Gasteiger partial charge in [-0.15, -0.1) is 0 Å². The first kappa shape index (κ1) is 18.3. The van der Waals surface area contributed by atoms with Gasteiger partial charge in [0, 0.05) is 33.4 Å². The van der Waals surface area contributed by atoms with E-state index < -0.39 is 0 Å². The van der Waals surface area contributed by atoms with Gasteiger partial charge in [-0.25, -0.2) is 0 Å². The van der Waals surface area contributed by atoms with Gasteiger partial charge in [0.25, 0.3) is 0 Å². The van der Waals surface area contributed by atoms with Crippen LogP contribution in [0.2, 0.25) is 0 Å². The van der Waals surface area contributed by atoms with Gasteiger partial charge in [0.05, 0.1) is 0 Å². The smallest absolute Gasteiger partial charge is 0.132 e. The van der Waals surface area contributed by atoms with Crippen LogP contribution in [0.3, 0.4) is 0 Å². The maximum Gasteiger partial charge on any atom is 0.132 e. The Labute approximate surface area is 167 Å². The van der Waals surface area contributed by atoms with Crippen molar-refractivity contribution < 1.29 is 25.5 Å². The number of benzene rings is 4. The summed E-state index contributed by atoms with van der Waals surface area (Å²) in [6, 6.07) is 20.6. The number of hydrogen-bond donors (Lipinski definition) is 5. The molecule has 0 atom stereocenters. The average molecular weight is 386 g/mol. The topological polar surface area (TPSA) is 101 Å². The Hall–Kier alpha value is -4.12. The van der Waals surface area contributed by atoms with Gasteiger partial charge in [-0.2, -0.15) is 0 Å². The lowest BCUT2D eigenvalue weighted by Gasteiger charge is -2.19. The van der Waals surface area contributed by atoms with Gasteiger partial charge < -0.3 is 25.5 Å². The monoisotopic (exact) mass is 386 g/mol. The first-order valence-electron chi connectivity index (χ1n) is 8.93. The number of phenolic OH excluding ortho intramolecular Hbond substituents is 5. The predicted octanol–water partition coefficient (Wildman–Crippen LogP) is 5.22. The fourth-order valence-corrected chi connectivity index (χ4v) is 3.47. The van der Waals surface area contributed by atoms with Gasteiger partial charge in [-0.3, -0.25) is 0 Å². The summed E-state index contributed by atoms with van der Waals surface area (Å²) < 4.78 is 0. The molecule has 0 aliphatic rings. The number of para-hydroxylation sites is 3. The highest BCUT2D eigenvalue weighted by Gasteiger charge is 2.25. The second-order valence-electron chi connectivity index (χ2n) is 6.59. The number of aromatic hydroxyl groups is 5. The Kier molecular flexibility index (Phi) is 4.49. The summed E-state index contributed by atoms with van der Waals surface area (Å²) in [6.45, 7) is 0. The van der Waals surface area contributed by atoms with Crippen molar-refractivity contribution in [2.75, 3.05) is 0 Å². The second-order valence-corrected chi connectivity index (χ2v) is 6.59. The third kappa shape index (κ3) is 3.08. The minimum Gasteiger partial charge on any atom is -0.507 e. The molecular formula is C24H18O5. The van der Waals surface area contributed by atoms with E-state index in [2.05, 4.69) is 0 Å². The molecule has 5 N–H and O–H groups in total. The lowest BCUT2D eigenvalue weighted by molar-refractivity contribution is 0.458. The quantitative estimate of drug-likeness (QED) is 0.311. The normalized spacial score (nSPS) is 10.8. The van der Waals surface area contributed by atoms with Gasteiger partial charge in [0.2, 0.25) is 0 Å². The molecule has 0 radical (unpaired) electrons. The fourth-order valence-electron chi connectivity index (χ4n) is 3.47. The molecule has 144 valence electrons. The van der Waals surface area contributed by atoms with E-state index >= 15 is 0 Å². The zero-order valence-corrected chi connectivity index (χ0v) is 15.2. The Morgan fingerprint density at radius 1 is 0.379 bits per heavy atom. The van der Waals surface area contributed by atoms with Gasteiger partial charge in [0.15, 0.2) is 0 Å². The molecule has 4 rings (SSSR count). The molecule has 4 aromatic rings. The summed E-state index contributed by atoms with van der Waals surface area (Å²) in [6.07, 6.45) is 0.